The lowest BCUT2D eigenvalue weighted by Gasteiger charge is -2.27. The van der Waals surface area contributed by atoms with Crippen molar-refractivity contribution in [3.8, 4) is 11.5 Å². The van der Waals surface area contributed by atoms with Crippen molar-refractivity contribution in [2.45, 2.75) is 6.61 Å². The van der Waals surface area contributed by atoms with Crippen LogP contribution in [0.15, 0.2) is 30.5 Å². The van der Waals surface area contributed by atoms with E-state index in [2.05, 4.69) is 9.88 Å². The van der Waals surface area contributed by atoms with Gasteiger partial charge in [0.2, 0.25) is 0 Å². The molecule has 0 amide bonds. The van der Waals surface area contributed by atoms with E-state index in [9.17, 15) is 4.79 Å². The number of morpholine rings is 1. The van der Waals surface area contributed by atoms with Gasteiger partial charge in [-0.3, -0.25) is 0 Å². The molecule has 8 heteroatoms. The molecule has 1 saturated heterocycles. The predicted octanol–water partition coefficient (Wildman–Crippen LogP) is 2.70. The van der Waals surface area contributed by atoms with Gasteiger partial charge < -0.3 is 23.8 Å². The zero-order valence-electron chi connectivity index (χ0n) is 14.7. The summed E-state index contributed by atoms with van der Waals surface area (Å²) in [6.45, 7) is 3.97. The average Bonchev–Trinajstić information content (AvgIpc) is 2.73. The third-order valence-electron chi connectivity index (χ3n) is 4.35. The number of anilines is 1. The second-order valence-electron chi connectivity index (χ2n) is 6.18. The van der Waals surface area contributed by atoms with E-state index < -0.39 is 5.97 Å². The zero-order chi connectivity index (χ0) is 18.6. The van der Waals surface area contributed by atoms with Crippen LogP contribution in [0.25, 0.3) is 0 Å². The average molecular weight is 391 g/mol. The molecule has 2 aliphatic rings. The van der Waals surface area contributed by atoms with Crippen molar-refractivity contribution < 1.29 is 23.7 Å². The molecule has 0 saturated carbocycles. The first-order valence-corrected chi connectivity index (χ1v) is 9.12. The molecule has 0 spiro atoms. The van der Waals surface area contributed by atoms with Crippen molar-refractivity contribution in [3.05, 3.63) is 46.6 Å². The van der Waals surface area contributed by atoms with Gasteiger partial charge in [0.1, 0.15) is 25.6 Å². The monoisotopic (exact) mass is 390 g/mol. The summed E-state index contributed by atoms with van der Waals surface area (Å²) in [5, 5.41) is 0.440. The van der Waals surface area contributed by atoms with Crippen molar-refractivity contribution in [3.63, 3.8) is 0 Å². The van der Waals surface area contributed by atoms with Gasteiger partial charge in [-0.05, 0) is 29.8 Å². The quantitative estimate of drug-likeness (QED) is 0.743. The largest absolute Gasteiger partial charge is 0.486 e. The first-order chi connectivity index (χ1) is 13.2. The Bertz CT molecular complexity index is 822. The Morgan fingerprint density at radius 3 is 2.74 bits per heavy atom. The third-order valence-corrected chi connectivity index (χ3v) is 4.63. The standard InChI is InChI=1S/C19H19ClN2O5/c20-15-9-13(10-16-18(15)26-8-7-25-16)12-27-19(23)14-1-2-17(21-11-14)22-3-5-24-6-4-22/h1-2,9-11H,3-8,12H2. The Morgan fingerprint density at radius 2 is 1.96 bits per heavy atom. The minimum Gasteiger partial charge on any atom is -0.486 e. The SMILES string of the molecule is O=C(OCc1cc(Cl)c2c(c1)OCCO2)c1ccc(N2CCOCC2)nc1. The highest BCUT2D eigenvalue weighted by atomic mass is 35.5. The summed E-state index contributed by atoms with van der Waals surface area (Å²) in [5.41, 5.74) is 1.13. The molecule has 142 valence electrons. The molecule has 0 N–H and O–H groups in total. The highest BCUT2D eigenvalue weighted by molar-refractivity contribution is 6.32. The number of carbonyl (C=O) groups excluding carboxylic acids is 1. The minimum atomic E-state index is -0.443. The van der Waals surface area contributed by atoms with E-state index >= 15 is 0 Å². The van der Waals surface area contributed by atoms with Gasteiger partial charge in [-0.25, -0.2) is 9.78 Å². The van der Waals surface area contributed by atoms with Crippen LogP contribution in [0.4, 0.5) is 5.82 Å². The van der Waals surface area contributed by atoms with Gasteiger partial charge >= 0.3 is 5.97 Å². The first-order valence-electron chi connectivity index (χ1n) is 8.74. The molecule has 1 aromatic heterocycles. The lowest BCUT2D eigenvalue weighted by atomic mass is 10.2. The number of benzene rings is 1. The molecule has 1 aromatic carbocycles. The molecule has 0 unspecified atom stereocenters. The molecule has 27 heavy (non-hydrogen) atoms. The van der Waals surface area contributed by atoms with E-state index in [-0.39, 0.29) is 6.61 Å². The lowest BCUT2D eigenvalue weighted by molar-refractivity contribution is 0.0471. The van der Waals surface area contributed by atoms with Crippen molar-refractivity contribution in [2.24, 2.45) is 0 Å². The van der Waals surface area contributed by atoms with Crippen molar-refractivity contribution in [1.82, 2.24) is 4.98 Å². The van der Waals surface area contributed by atoms with Gasteiger partial charge in [-0.2, -0.15) is 0 Å². The van der Waals surface area contributed by atoms with Crippen molar-refractivity contribution >= 4 is 23.4 Å². The minimum absolute atomic E-state index is 0.0837. The maximum Gasteiger partial charge on any atom is 0.340 e. The fourth-order valence-corrected chi connectivity index (χ4v) is 3.25. The summed E-state index contributed by atoms with van der Waals surface area (Å²) in [5.74, 6) is 1.48. The van der Waals surface area contributed by atoms with Crippen LogP contribution in [0.1, 0.15) is 15.9 Å². The predicted molar refractivity (Wildman–Crippen MR) is 98.8 cm³/mol. The van der Waals surface area contributed by atoms with Gasteiger partial charge in [0.25, 0.3) is 0 Å². The maximum absolute atomic E-state index is 12.3. The zero-order valence-corrected chi connectivity index (χ0v) is 15.4. The highest BCUT2D eigenvalue weighted by Gasteiger charge is 2.18. The molecule has 2 aromatic rings. The number of rotatable bonds is 4. The molecule has 0 aliphatic carbocycles. The maximum atomic E-state index is 12.3. The van der Waals surface area contributed by atoms with Crippen molar-refractivity contribution in [1.29, 1.82) is 0 Å². The molecule has 7 nitrogen and oxygen atoms in total. The fraction of sp³-hybridized carbons (Fsp3) is 0.368. The number of ether oxygens (including phenoxy) is 4. The molecular formula is C19H19ClN2O5. The number of hydrogen-bond donors (Lipinski definition) is 0. The summed E-state index contributed by atoms with van der Waals surface area (Å²) in [4.78, 5) is 18.8. The normalized spacial score (nSPS) is 16.1. The third kappa shape index (κ3) is 4.09. The van der Waals surface area contributed by atoms with Crippen LogP contribution in [-0.2, 0) is 16.1 Å². The Morgan fingerprint density at radius 1 is 1.15 bits per heavy atom. The Hall–Kier alpha value is -2.51. The molecule has 1 fully saturated rings. The van der Waals surface area contributed by atoms with Gasteiger partial charge in [-0.1, -0.05) is 11.6 Å². The molecule has 3 heterocycles. The number of esters is 1. The Kier molecular flexibility index (Phi) is 5.31. The van der Waals surface area contributed by atoms with Gasteiger partial charge in [0.15, 0.2) is 11.5 Å². The molecule has 0 radical (unpaired) electrons. The number of fused-ring (bicyclic) bond motifs is 1. The number of nitrogens with zero attached hydrogens (tertiary/aromatic N) is 2. The van der Waals surface area contributed by atoms with Crippen LogP contribution < -0.4 is 14.4 Å². The van der Waals surface area contributed by atoms with E-state index in [0.717, 1.165) is 24.5 Å². The Balaban J connectivity index is 1.38. The van der Waals surface area contributed by atoms with Crippen LogP contribution in [0.5, 0.6) is 11.5 Å². The van der Waals surface area contributed by atoms with E-state index in [1.807, 2.05) is 6.07 Å². The van der Waals surface area contributed by atoms with Gasteiger partial charge in [0.05, 0.1) is 23.8 Å². The first kappa shape index (κ1) is 17.9. The summed E-state index contributed by atoms with van der Waals surface area (Å²) < 4.78 is 21.7. The van der Waals surface area contributed by atoms with E-state index in [1.165, 1.54) is 6.20 Å². The van der Waals surface area contributed by atoms with Gasteiger partial charge in [-0.15, -0.1) is 0 Å². The van der Waals surface area contributed by atoms with Crippen LogP contribution in [0.3, 0.4) is 0 Å². The van der Waals surface area contributed by atoms with Crippen LogP contribution in [0, 0.1) is 0 Å². The summed E-state index contributed by atoms with van der Waals surface area (Å²) >= 11 is 6.20. The highest BCUT2D eigenvalue weighted by Crippen LogP contribution is 2.38. The van der Waals surface area contributed by atoms with Crippen LogP contribution in [-0.4, -0.2) is 50.5 Å². The number of carbonyl (C=O) groups is 1. The molecule has 2 aliphatic heterocycles. The fourth-order valence-electron chi connectivity index (χ4n) is 2.97. The molecule has 0 atom stereocenters. The molecule has 4 rings (SSSR count). The van der Waals surface area contributed by atoms with E-state index in [1.54, 1.807) is 18.2 Å². The Labute approximate surface area is 161 Å². The summed E-state index contributed by atoms with van der Waals surface area (Å²) in [7, 11) is 0. The van der Waals surface area contributed by atoms with E-state index in [4.69, 9.17) is 30.5 Å². The molecular weight excluding hydrogens is 372 g/mol. The van der Waals surface area contributed by atoms with Gasteiger partial charge in [0, 0.05) is 19.3 Å². The lowest BCUT2D eigenvalue weighted by Crippen LogP contribution is -2.36. The van der Waals surface area contributed by atoms with Crippen LogP contribution in [0.2, 0.25) is 5.02 Å². The van der Waals surface area contributed by atoms with Crippen molar-refractivity contribution in [2.75, 3.05) is 44.4 Å². The molecule has 0 bridgehead atoms. The number of pyridine rings is 1. The topological polar surface area (TPSA) is 70.1 Å². The second kappa shape index (κ2) is 8.02. The number of aromatic nitrogens is 1. The van der Waals surface area contributed by atoms with E-state index in [0.29, 0.717) is 48.5 Å². The smallest absolute Gasteiger partial charge is 0.340 e. The number of halogens is 1. The summed E-state index contributed by atoms with van der Waals surface area (Å²) in [6.07, 6.45) is 1.53. The summed E-state index contributed by atoms with van der Waals surface area (Å²) in [6, 6.07) is 7.02. The van der Waals surface area contributed by atoms with Crippen LogP contribution >= 0.6 is 11.6 Å². The second-order valence-corrected chi connectivity index (χ2v) is 6.59. The number of hydrogen-bond acceptors (Lipinski definition) is 7.